The second-order valence-electron chi connectivity index (χ2n) is 4.01. The number of carbonyl (C=O) groups is 3. The number of sulfonamides is 1. The van der Waals surface area contributed by atoms with E-state index in [4.69, 9.17) is 10.8 Å². The summed E-state index contributed by atoms with van der Waals surface area (Å²) in [5, 5.41) is 8.85. The van der Waals surface area contributed by atoms with Crippen LogP contribution in [-0.2, 0) is 29.1 Å². The number of esters is 1. The lowest BCUT2D eigenvalue weighted by atomic mass is 10.2. The highest BCUT2D eigenvalue weighted by atomic mass is 32.2. The topological polar surface area (TPSA) is 153 Å². The number of rotatable bonds is 10. The maximum absolute atomic E-state index is 11.6. The standard InChI is InChI=1S/C10H18N2O7S/c1-19-9(14)3-2-6-20(17,18)12-7(10(15)16)4-5-8(11)13/h7,12H,2-6H2,1H3,(H2,11,13)(H,15,16)/t7-/m0/s1. The Morgan fingerprint density at radius 3 is 2.35 bits per heavy atom. The molecular formula is C10H18N2O7S. The number of carboxylic acids is 1. The largest absolute Gasteiger partial charge is 0.480 e. The van der Waals surface area contributed by atoms with Gasteiger partial charge in [0, 0.05) is 12.8 Å². The molecule has 0 aromatic rings. The molecule has 0 heterocycles. The fourth-order valence-electron chi connectivity index (χ4n) is 1.30. The van der Waals surface area contributed by atoms with Gasteiger partial charge in [-0.2, -0.15) is 0 Å². The number of methoxy groups -OCH3 is 1. The van der Waals surface area contributed by atoms with Crippen LogP contribution in [0.2, 0.25) is 0 Å². The normalized spacial score (nSPS) is 12.7. The van der Waals surface area contributed by atoms with Crippen LogP contribution in [0.4, 0.5) is 0 Å². The molecule has 0 saturated heterocycles. The van der Waals surface area contributed by atoms with Gasteiger partial charge in [0.05, 0.1) is 12.9 Å². The summed E-state index contributed by atoms with van der Waals surface area (Å²) >= 11 is 0. The van der Waals surface area contributed by atoms with Gasteiger partial charge in [0.2, 0.25) is 15.9 Å². The molecule has 0 aliphatic heterocycles. The third kappa shape index (κ3) is 8.43. The highest BCUT2D eigenvalue weighted by Gasteiger charge is 2.24. The molecule has 0 aliphatic carbocycles. The third-order valence-corrected chi connectivity index (χ3v) is 3.79. The lowest BCUT2D eigenvalue weighted by Crippen LogP contribution is -2.42. The van der Waals surface area contributed by atoms with Crippen LogP contribution in [0.3, 0.4) is 0 Å². The highest BCUT2D eigenvalue weighted by Crippen LogP contribution is 2.03. The Morgan fingerprint density at radius 1 is 1.30 bits per heavy atom. The maximum atomic E-state index is 11.6. The van der Waals surface area contributed by atoms with Crippen LogP contribution in [-0.4, -0.2) is 50.3 Å². The Labute approximate surface area is 116 Å². The van der Waals surface area contributed by atoms with E-state index < -0.39 is 39.7 Å². The fraction of sp³-hybridized carbons (Fsp3) is 0.700. The molecule has 9 nitrogen and oxygen atoms in total. The first-order valence-corrected chi connectivity index (χ1v) is 7.41. The first-order chi connectivity index (χ1) is 9.18. The SMILES string of the molecule is COC(=O)CCCS(=O)(=O)N[C@@H](CCC(N)=O)C(=O)O. The summed E-state index contributed by atoms with van der Waals surface area (Å²) in [6.45, 7) is 0. The van der Waals surface area contributed by atoms with Gasteiger partial charge < -0.3 is 15.6 Å². The number of nitrogens with one attached hydrogen (secondary N) is 1. The third-order valence-electron chi connectivity index (χ3n) is 2.32. The first kappa shape index (κ1) is 18.3. The van der Waals surface area contributed by atoms with Crippen molar-refractivity contribution in [2.75, 3.05) is 12.9 Å². The number of ether oxygens (including phenoxy) is 1. The summed E-state index contributed by atoms with van der Waals surface area (Å²) in [5.74, 6) is -3.09. The zero-order valence-corrected chi connectivity index (χ0v) is 11.8. The molecular weight excluding hydrogens is 292 g/mol. The molecule has 1 amide bonds. The van der Waals surface area contributed by atoms with E-state index in [0.717, 1.165) is 0 Å². The van der Waals surface area contributed by atoms with Crippen LogP contribution in [0.5, 0.6) is 0 Å². The molecule has 0 unspecified atom stereocenters. The fourth-order valence-corrected chi connectivity index (χ4v) is 2.60. The lowest BCUT2D eigenvalue weighted by Gasteiger charge is -2.13. The predicted molar refractivity (Wildman–Crippen MR) is 68.0 cm³/mol. The number of hydrogen-bond donors (Lipinski definition) is 3. The Bertz CT molecular complexity index is 460. The molecule has 4 N–H and O–H groups in total. The minimum absolute atomic E-state index is 0.00413. The molecule has 0 fully saturated rings. The van der Waals surface area contributed by atoms with Crippen LogP contribution in [0.25, 0.3) is 0 Å². The molecule has 116 valence electrons. The molecule has 1 atom stereocenters. The Morgan fingerprint density at radius 2 is 1.90 bits per heavy atom. The molecule has 10 heteroatoms. The Balaban J connectivity index is 4.41. The van der Waals surface area contributed by atoms with Gasteiger partial charge >= 0.3 is 11.9 Å². The number of nitrogens with two attached hydrogens (primary N) is 1. The first-order valence-electron chi connectivity index (χ1n) is 5.76. The number of hydrogen-bond acceptors (Lipinski definition) is 6. The van der Waals surface area contributed by atoms with Gasteiger partial charge in [0.1, 0.15) is 6.04 Å². The molecule has 0 aromatic heterocycles. The summed E-state index contributed by atoms with van der Waals surface area (Å²) < 4.78 is 29.5. The van der Waals surface area contributed by atoms with Crippen molar-refractivity contribution < 1.29 is 32.6 Å². The van der Waals surface area contributed by atoms with E-state index in [2.05, 4.69) is 4.74 Å². The van der Waals surface area contributed by atoms with Crippen molar-refractivity contribution in [1.82, 2.24) is 4.72 Å². The average Bonchev–Trinajstić information content (AvgIpc) is 2.33. The van der Waals surface area contributed by atoms with Gasteiger partial charge in [0.25, 0.3) is 0 Å². The molecule has 0 saturated carbocycles. The van der Waals surface area contributed by atoms with Gasteiger partial charge in [0.15, 0.2) is 0 Å². The minimum atomic E-state index is -3.87. The molecule has 0 bridgehead atoms. The highest BCUT2D eigenvalue weighted by molar-refractivity contribution is 7.89. The number of aliphatic carboxylic acids is 1. The van der Waals surface area contributed by atoms with Crippen LogP contribution in [0.1, 0.15) is 25.7 Å². The Hall–Kier alpha value is -1.68. The van der Waals surface area contributed by atoms with Crippen molar-refractivity contribution in [3.05, 3.63) is 0 Å². The molecule has 20 heavy (non-hydrogen) atoms. The molecule has 0 aliphatic rings. The summed E-state index contributed by atoms with van der Waals surface area (Å²) in [5.41, 5.74) is 4.87. The van der Waals surface area contributed by atoms with E-state index in [-0.39, 0.29) is 25.7 Å². The zero-order valence-electron chi connectivity index (χ0n) is 11.0. The smallest absolute Gasteiger partial charge is 0.321 e. The van der Waals surface area contributed by atoms with Crippen molar-refractivity contribution in [1.29, 1.82) is 0 Å². The monoisotopic (exact) mass is 310 g/mol. The molecule has 0 aromatic carbocycles. The second-order valence-corrected chi connectivity index (χ2v) is 5.89. The number of carbonyl (C=O) groups excluding carboxylic acids is 2. The summed E-state index contributed by atoms with van der Waals surface area (Å²) in [4.78, 5) is 32.3. The average molecular weight is 310 g/mol. The van der Waals surface area contributed by atoms with Crippen LogP contribution >= 0.6 is 0 Å². The van der Waals surface area contributed by atoms with Crippen molar-refractivity contribution in [2.45, 2.75) is 31.7 Å². The van der Waals surface area contributed by atoms with Gasteiger partial charge in [-0.25, -0.2) is 13.1 Å². The predicted octanol–water partition coefficient (Wildman–Crippen LogP) is -1.42. The van der Waals surface area contributed by atoms with Crippen LogP contribution in [0, 0.1) is 0 Å². The van der Waals surface area contributed by atoms with E-state index in [1.807, 2.05) is 4.72 Å². The number of amides is 1. The lowest BCUT2D eigenvalue weighted by molar-refractivity contribution is -0.141. The maximum Gasteiger partial charge on any atom is 0.321 e. The van der Waals surface area contributed by atoms with Crippen molar-refractivity contribution in [3.8, 4) is 0 Å². The van der Waals surface area contributed by atoms with E-state index in [1.165, 1.54) is 7.11 Å². The quantitative estimate of drug-likeness (QED) is 0.418. The van der Waals surface area contributed by atoms with Gasteiger partial charge in [-0.15, -0.1) is 0 Å². The van der Waals surface area contributed by atoms with E-state index in [0.29, 0.717) is 0 Å². The van der Waals surface area contributed by atoms with Crippen molar-refractivity contribution in [3.63, 3.8) is 0 Å². The van der Waals surface area contributed by atoms with Crippen molar-refractivity contribution >= 4 is 27.9 Å². The van der Waals surface area contributed by atoms with E-state index >= 15 is 0 Å². The second kappa shape index (κ2) is 8.48. The number of primary amides is 1. The molecule has 0 radical (unpaired) electrons. The summed E-state index contributed by atoms with van der Waals surface area (Å²) in [6, 6.07) is -1.43. The van der Waals surface area contributed by atoms with Crippen molar-refractivity contribution in [2.24, 2.45) is 5.73 Å². The van der Waals surface area contributed by atoms with Crippen LogP contribution < -0.4 is 10.5 Å². The minimum Gasteiger partial charge on any atom is -0.480 e. The van der Waals surface area contributed by atoms with Gasteiger partial charge in [-0.3, -0.25) is 14.4 Å². The Kier molecular flexibility index (Phi) is 7.77. The molecule has 0 spiro atoms. The zero-order chi connectivity index (χ0) is 15.8. The van der Waals surface area contributed by atoms with E-state index in [9.17, 15) is 22.8 Å². The summed E-state index contributed by atoms with van der Waals surface area (Å²) in [6.07, 6.45) is -0.566. The van der Waals surface area contributed by atoms with E-state index in [1.54, 1.807) is 0 Å². The molecule has 0 rings (SSSR count). The van der Waals surface area contributed by atoms with Gasteiger partial charge in [-0.1, -0.05) is 0 Å². The van der Waals surface area contributed by atoms with Crippen LogP contribution in [0.15, 0.2) is 0 Å². The number of carboxylic acid groups (broad SMARTS) is 1. The summed E-state index contributed by atoms with van der Waals surface area (Å²) in [7, 11) is -2.69. The van der Waals surface area contributed by atoms with Gasteiger partial charge in [-0.05, 0) is 12.8 Å².